The molecule has 0 saturated carbocycles. The van der Waals surface area contributed by atoms with E-state index in [2.05, 4.69) is 20.9 Å². The maximum Gasteiger partial charge on any atom is 0.356 e. The van der Waals surface area contributed by atoms with Crippen LogP contribution in [0.15, 0.2) is 16.6 Å². The lowest BCUT2D eigenvalue weighted by Crippen LogP contribution is -2.09. The van der Waals surface area contributed by atoms with Gasteiger partial charge in [0.25, 0.3) is 0 Å². The van der Waals surface area contributed by atoms with E-state index in [9.17, 15) is 4.79 Å². The van der Waals surface area contributed by atoms with E-state index in [-0.39, 0.29) is 12.3 Å². The molecule has 6 heteroatoms. The molecular weight excluding hydrogens is 290 g/mol. The van der Waals surface area contributed by atoms with Crippen molar-refractivity contribution in [3.63, 3.8) is 0 Å². The van der Waals surface area contributed by atoms with Gasteiger partial charge >= 0.3 is 5.97 Å². The minimum absolute atomic E-state index is 0.180. The average Bonchev–Trinajstić information content (AvgIpc) is 2.29. The number of nitrogens with zero attached hydrogens (tertiary/aromatic N) is 1. The van der Waals surface area contributed by atoms with E-state index >= 15 is 0 Å². The molecule has 0 aliphatic rings. The van der Waals surface area contributed by atoms with Crippen molar-refractivity contribution in [1.29, 1.82) is 0 Å². The summed E-state index contributed by atoms with van der Waals surface area (Å²) in [6.07, 6.45) is 0. The van der Waals surface area contributed by atoms with Gasteiger partial charge in [-0.25, -0.2) is 19.6 Å². The molecule has 5 nitrogen and oxygen atoms in total. The van der Waals surface area contributed by atoms with Gasteiger partial charge in [0.2, 0.25) is 0 Å². The van der Waals surface area contributed by atoms with Gasteiger partial charge in [0.15, 0.2) is 0 Å². The van der Waals surface area contributed by atoms with E-state index < -0.39 is 5.97 Å². The molecule has 0 N–H and O–H groups in total. The number of rotatable bonds is 6. The molecule has 0 aromatic carbocycles. The highest BCUT2D eigenvalue weighted by Gasteiger charge is 2.11. The summed E-state index contributed by atoms with van der Waals surface area (Å²) in [7, 11) is 0. The number of hydrogen-bond acceptors (Lipinski definition) is 5. The quantitative estimate of drug-likeness (QED) is 0.350. The molecule has 0 radical (unpaired) electrons. The van der Waals surface area contributed by atoms with Crippen molar-refractivity contribution in [2.24, 2.45) is 0 Å². The second-order valence-corrected chi connectivity index (χ2v) is 3.97. The Bertz CT molecular complexity index is 384. The largest absolute Gasteiger partial charge is 0.461 e. The number of halogens is 1. The lowest BCUT2D eigenvalue weighted by atomic mass is 10.3. The number of hydrogen-bond donors (Lipinski definition) is 0. The molecule has 1 heterocycles. The van der Waals surface area contributed by atoms with Gasteiger partial charge in [-0.15, -0.1) is 0 Å². The molecule has 17 heavy (non-hydrogen) atoms. The fourth-order valence-electron chi connectivity index (χ4n) is 1.12. The van der Waals surface area contributed by atoms with Crippen LogP contribution in [0, 0.1) is 0 Å². The first-order valence-electron chi connectivity index (χ1n) is 5.25. The smallest absolute Gasteiger partial charge is 0.356 e. The monoisotopic (exact) mass is 303 g/mol. The Hall–Kier alpha value is -0.980. The molecule has 1 rings (SSSR count). The maximum atomic E-state index is 11.5. The third-order valence-electron chi connectivity index (χ3n) is 1.74. The van der Waals surface area contributed by atoms with Gasteiger partial charge in [-0.05, 0) is 26.0 Å². The maximum absolute atomic E-state index is 11.5. The topological polar surface area (TPSA) is 57.7 Å². The predicted molar refractivity (Wildman–Crippen MR) is 64.3 cm³/mol. The zero-order valence-electron chi connectivity index (χ0n) is 9.73. The van der Waals surface area contributed by atoms with Gasteiger partial charge in [0, 0.05) is 4.47 Å². The Kier molecular flexibility index (Phi) is 6.10. The molecular formula is C11H14BrNO4. The Balaban J connectivity index is 2.75. The van der Waals surface area contributed by atoms with Crippen molar-refractivity contribution in [3.8, 4) is 0 Å². The van der Waals surface area contributed by atoms with Gasteiger partial charge in [0.05, 0.1) is 18.9 Å². The van der Waals surface area contributed by atoms with E-state index in [0.717, 1.165) is 4.47 Å². The van der Waals surface area contributed by atoms with Gasteiger partial charge in [-0.1, -0.05) is 15.9 Å². The molecule has 0 aliphatic heterocycles. The van der Waals surface area contributed by atoms with Crippen LogP contribution in [-0.4, -0.2) is 24.2 Å². The standard InChI is InChI=1S/C11H14BrNO4/c1-3-15-11(14)10-6-8(12)5-9(13-10)7-17-16-4-2/h5-6H,3-4,7H2,1-2H3. The number of carbonyl (C=O) groups is 1. The van der Waals surface area contributed by atoms with Crippen LogP contribution in [0.5, 0.6) is 0 Å². The van der Waals surface area contributed by atoms with Crippen molar-refractivity contribution >= 4 is 21.9 Å². The van der Waals surface area contributed by atoms with Crippen LogP contribution < -0.4 is 0 Å². The average molecular weight is 304 g/mol. The van der Waals surface area contributed by atoms with Gasteiger partial charge < -0.3 is 4.74 Å². The van der Waals surface area contributed by atoms with Gasteiger partial charge in [-0.2, -0.15) is 0 Å². The summed E-state index contributed by atoms with van der Waals surface area (Å²) < 4.78 is 5.61. The Morgan fingerprint density at radius 3 is 2.71 bits per heavy atom. The molecule has 0 bridgehead atoms. The third kappa shape index (κ3) is 4.80. The Labute approximate surface area is 108 Å². The minimum atomic E-state index is -0.452. The zero-order valence-corrected chi connectivity index (χ0v) is 11.3. The van der Waals surface area contributed by atoms with Gasteiger partial charge in [0.1, 0.15) is 12.3 Å². The van der Waals surface area contributed by atoms with Crippen molar-refractivity contribution in [2.45, 2.75) is 20.5 Å². The van der Waals surface area contributed by atoms with E-state index in [4.69, 9.17) is 14.5 Å². The minimum Gasteiger partial charge on any atom is -0.461 e. The third-order valence-corrected chi connectivity index (χ3v) is 2.19. The number of carbonyl (C=O) groups excluding carboxylic acids is 1. The number of pyridine rings is 1. The molecule has 0 aliphatic carbocycles. The highest BCUT2D eigenvalue weighted by molar-refractivity contribution is 9.10. The highest BCUT2D eigenvalue weighted by atomic mass is 79.9. The van der Waals surface area contributed by atoms with E-state index in [1.807, 2.05) is 6.92 Å². The van der Waals surface area contributed by atoms with Crippen molar-refractivity contribution in [2.75, 3.05) is 13.2 Å². The van der Waals surface area contributed by atoms with E-state index in [1.165, 1.54) is 0 Å². The number of esters is 1. The zero-order chi connectivity index (χ0) is 12.7. The van der Waals surface area contributed by atoms with Crippen molar-refractivity contribution in [1.82, 2.24) is 4.98 Å². The fourth-order valence-corrected chi connectivity index (χ4v) is 1.60. The van der Waals surface area contributed by atoms with Crippen LogP contribution in [0.1, 0.15) is 30.0 Å². The normalized spacial score (nSPS) is 10.3. The fraction of sp³-hybridized carbons (Fsp3) is 0.455. The first-order valence-corrected chi connectivity index (χ1v) is 6.04. The predicted octanol–water partition coefficient (Wildman–Crippen LogP) is 2.49. The van der Waals surface area contributed by atoms with Crippen molar-refractivity contribution in [3.05, 3.63) is 28.0 Å². The second kappa shape index (κ2) is 7.37. The molecule has 0 spiro atoms. The molecule has 0 saturated heterocycles. The molecule has 0 fully saturated rings. The van der Waals surface area contributed by atoms with Crippen LogP contribution in [0.2, 0.25) is 0 Å². The molecule has 0 unspecified atom stereocenters. The van der Waals surface area contributed by atoms with E-state index in [1.54, 1.807) is 19.1 Å². The van der Waals surface area contributed by atoms with Crippen LogP contribution in [0.25, 0.3) is 0 Å². The van der Waals surface area contributed by atoms with Crippen LogP contribution in [0.4, 0.5) is 0 Å². The van der Waals surface area contributed by atoms with Crippen LogP contribution in [0.3, 0.4) is 0 Å². The second-order valence-electron chi connectivity index (χ2n) is 3.05. The number of aromatic nitrogens is 1. The van der Waals surface area contributed by atoms with Gasteiger partial charge in [-0.3, -0.25) is 0 Å². The SMILES string of the molecule is CCOOCc1cc(Br)cc(C(=O)OCC)n1. The molecule has 0 atom stereocenters. The lowest BCUT2D eigenvalue weighted by molar-refractivity contribution is -0.301. The summed E-state index contributed by atoms with van der Waals surface area (Å²) in [5.41, 5.74) is 0.840. The van der Waals surface area contributed by atoms with Crippen molar-refractivity contribution < 1.29 is 19.3 Å². The Morgan fingerprint density at radius 1 is 1.29 bits per heavy atom. The first-order chi connectivity index (χ1) is 8.17. The van der Waals surface area contributed by atoms with Crippen LogP contribution in [-0.2, 0) is 21.1 Å². The summed E-state index contributed by atoms with van der Waals surface area (Å²) in [4.78, 5) is 25.3. The first kappa shape index (κ1) is 14.1. The highest BCUT2D eigenvalue weighted by Crippen LogP contribution is 2.14. The number of ether oxygens (including phenoxy) is 1. The molecule has 0 amide bonds. The van der Waals surface area contributed by atoms with E-state index in [0.29, 0.717) is 18.9 Å². The summed E-state index contributed by atoms with van der Waals surface area (Å²) in [5, 5.41) is 0. The molecule has 1 aromatic heterocycles. The Morgan fingerprint density at radius 2 is 2.06 bits per heavy atom. The molecule has 1 aromatic rings. The lowest BCUT2D eigenvalue weighted by Gasteiger charge is -2.05. The summed E-state index contributed by atoms with van der Waals surface area (Å²) >= 11 is 3.30. The summed E-state index contributed by atoms with van der Waals surface area (Å²) in [5.74, 6) is -0.452. The molecule has 94 valence electrons. The summed E-state index contributed by atoms with van der Waals surface area (Å²) in [6, 6.07) is 3.35. The van der Waals surface area contributed by atoms with Crippen LogP contribution >= 0.6 is 15.9 Å². The summed E-state index contributed by atoms with van der Waals surface area (Å²) in [6.45, 7) is 4.52.